The van der Waals surface area contributed by atoms with E-state index in [4.69, 9.17) is 32.7 Å². The first-order chi connectivity index (χ1) is 17.1. The fourth-order valence-corrected chi connectivity index (χ4v) is 3.87. The third-order valence-corrected chi connectivity index (χ3v) is 5.45. The second-order valence-electron chi connectivity index (χ2n) is 8.04. The number of halogens is 2. The maximum absolute atomic E-state index is 12.6. The van der Waals surface area contributed by atoms with Crippen LogP contribution < -0.4 is 20.1 Å². The van der Waals surface area contributed by atoms with Gasteiger partial charge < -0.3 is 30.1 Å². The van der Waals surface area contributed by atoms with Crippen molar-refractivity contribution in [1.29, 1.82) is 0 Å². The zero-order chi connectivity index (χ0) is 26.2. The zero-order valence-corrected chi connectivity index (χ0v) is 21.2. The number of ether oxygens (including phenoxy) is 2. The molecule has 0 heterocycles. The zero-order valence-electron chi connectivity index (χ0n) is 19.6. The highest BCUT2D eigenvalue weighted by Gasteiger charge is 2.16. The summed E-state index contributed by atoms with van der Waals surface area (Å²) in [6.07, 6.45) is 0. The lowest BCUT2D eigenvalue weighted by atomic mass is 10.1. The number of amides is 2. The normalized spacial score (nSPS) is 10.8. The molecule has 0 spiro atoms. The van der Waals surface area contributed by atoms with Crippen molar-refractivity contribution < 1.29 is 29.0 Å². The van der Waals surface area contributed by atoms with Gasteiger partial charge in [-0.15, -0.1) is 0 Å². The molecular formula is C25H25Cl2N3O6. The van der Waals surface area contributed by atoms with Crippen LogP contribution in [0.25, 0.3) is 10.8 Å². The number of aromatic carboxylic acids is 1. The van der Waals surface area contributed by atoms with Crippen LogP contribution in [0.4, 0.5) is 5.69 Å². The number of hydrogen-bond donors (Lipinski definition) is 3. The molecule has 3 aromatic rings. The van der Waals surface area contributed by atoms with E-state index in [2.05, 4.69) is 10.6 Å². The van der Waals surface area contributed by atoms with Crippen molar-refractivity contribution in [3.63, 3.8) is 0 Å². The predicted octanol–water partition coefficient (Wildman–Crippen LogP) is 3.92. The van der Waals surface area contributed by atoms with Crippen LogP contribution in [-0.2, 0) is 9.59 Å². The molecule has 0 unspecified atom stereocenters. The third kappa shape index (κ3) is 7.48. The third-order valence-electron chi connectivity index (χ3n) is 4.94. The first-order valence-electron chi connectivity index (χ1n) is 10.9. The van der Waals surface area contributed by atoms with Gasteiger partial charge in [-0.2, -0.15) is 0 Å². The molecule has 11 heteroatoms. The summed E-state index contributed by atoms with van der Waals surface area (Å²) in [7, 11) is 3.81. The molecule has 0 radical (unpaired) electrons. The quantitative estimate of drug-likeness (QED) is 0.342. The number of carboxylic acids is 1. The van der Waals surface area contributed by atoms with E-state index in [1.807, 2.05) is 19.0 Å². The van der Waals surface area contributed by atoms with E-state index in [-0.39, 0.29) is 28.8 Å². The maximum Gasteiger partial charge on any atom is 0.335 e. The van der Waals surface area contributed by atoms with Crippen LogP contribution in [0.1, 0.15) is 10.4 Å². The molecule has 3 rings (SSSR count). The summed E-state index contributed by atoms with van der Waals surface area (Å²) >= 11 is 12.4. The largest absolute Gasteiger partial charge is 0.483 e. The fourth-order valence-electron chi connectivity index (χ4n) is 3.27. The molecule has 3 aromatic carbocycles. The van der Waals surface area contributed by atoms with Crippen LogP contribution in [0.15, 0.2) is 48.5 Å². The number of para-hydroxylation sites is 2. The summed E-state index contributed by atoms with van der Waals surface area (Å²) < 4.78 is 11.2. The van der Waals surface area contributed by atoms with Crippen molar-refractivity contribution in [2.24, 2.45) is 0 Å². The molecule has 9 nitrogen and oxygen atoms in total. The van der Waals surface area contributed by atoms with Gasteiger partial charge in [-0.3, -0.25) is 9.59 Å². The second kappa shape index (κ2) is 12.4. The van der Waals surface area contributed by atoms with Gasteiger partial charge in [0.2, 0.25) is 0 Å². The number of fused-ring (bicyclic) bond motifs is 1. The molecule has 0 saturated heterocycles. The molecule has 0 aliphatic carbocycles. The van der Waals surface area contributed by atoms with Crippen molar-refractivity contribution in [3.8, 4) is 11.5 Å². The molecule has 0 aliphatic heterocycles. The Morgan fingerprint density at radius 3 is 2.36 bits per heavy atom. The highest BCUT2D eigenvalue weighted by atomic mass is 35.5. The van der Waals surface area contributed by atoms with E-state index in [1.165, 1.54) is 18.2 Å². The Morgan fingerprint density at radius 1 is 0.944 bits per heavy atom. The second-order valence-corrected chi connectivity index (χ2v) is 8.88. The van der Waals surface area contributed by atoms with Crippen LogP contribution in [0.3, 0.4) is 0 Å². The number of anilines is 1. The summed E-state index contributed by atoms with van der Waals surface area (Å²) in [5.74, 6) is -1.55. The maximum atomic E-state index is 12.6. The molecule has 36 heavy (non-hydrogen) atoms. The summed E-state index contributed by atoms with van der Waals surface area (Å²) in [6, 6.07) is 12.4. The first-order valence-corrected chi connectivity index (χ1v) is 11.6. The van der Waals surface area contributed by atoms with Gasteiger partial charge in [-0.1, -0.05) is 35.3 Å². The highest BCUT2D eigenvalue weighted by molar-refractivity contribution is 6.39. The van der Waals surface area contributed by atoms with E-state index >= 15 is 0 Å². The van der Waals surface area contributed by atoms with E-state index in [9.17, 15) is 19.5 Å². The van der Waals surface area contributed by atoms with Crippen molar-refractivity contribution in [2.75, 3.05) is 45.7 Å². The summed E-state index contributed by atoms with van der Waals surface area (Å²) in [5, 5.41) is 16.3. The van der Waals surface area contributed by atoms with Gasteiger partial charge in [0.1, 0.15) is 11.5 Å². The molecule has 0 atom stereocenters. The number of likely N-dealkylation sites (N-methyl/N-ethyl adjacent to an activating group) is 1. The number of nitrogens with zero attached hydrogens (tertiary/aromatic N) is 1. The van der Waals surface area contributed by atoms with Gasteiger partial charge in [0.15, 0.2) is 13.2 Å². The van der Waals surface area contributed by atoms with Crippen LogP contribution >= 0.6 is 23.2 Å². The topological polar surface area (TPSA) is 117 Å². The van der Waals surface area contributed by atoms with Crippen LogP contribution in [-0.4, -0.2) is 68.2 Å². The molecule has 2 amide bonds. The minimum Gasteiger partial charge on any atom is -0.483 e. The van der Waals surface area contributed by atoms with E-state index in [1.54, 1.807) is 30.3 Å². The molecule has 0 bridgehead atoms. The molecule has 0 aliphatic rings. The van der Waals surface area contributed by atoms with Crippen LogP contribution in [0, 0.1) is 0 Å². The van der Waals surface area contributed by atoms with Crippen LogP contribution in [0.2, 0.25) is 10.0 Å². The predicted molar refractivity (Wildman–Crippen MR) is 139 cm³/mol. The molecule has 0 saturated carbocycles. The van der Waals surface area contributed by atoms with Crippen molar-refractivity contribution in [3.05, 3.63) is 64.1 Å². The Kier molecular flexibility index (Phi) is 9.35. The minimum atomic E-state index is -1.17. The molecule has 0 aromatic heterocycles. The molecule has 3 N–H and O–H groups in total. The first kappa shape index (κ1) is 27.1. The molecule has 0 fully saturated rings. The number of carbonyl (C=O) groups is 3. The van der Waals surface area contributed by atoms with Gasteiger partial charge in [0, 0.05) is 23.5 Å². The Bertz CT molecular complexity index is 1280. The smallest absolute Gasteiger partial charge is 0.335 e. The van der Waals surface area contributed by atoms with Crippen molar-refractivity contribution in [2.45, 2.75) is 0 Å². The van der Waals surface area contributed by atoms with Gasteiger partial charge in [0.25, 0.3) is 11.8 Å². The minimum absolute atomic E-state index is 0.0427. The van der Waals surface area contributed by atoms with Gasteiger partial charge in [-0.25, -0.2) is 4.79 Å². The number of carboxylic acid groups (broad SMARTS) is 1. The fraction of sp³-hybridized carbons (Fsp3) is 0.240. The van der Waals surface area contributed by atoms with E-state index in [0.717, 1.165) is 0 Å². The Balaban J connectivity index is 1.67. The monoisotopic (exact) mass is 533 g/mol. The lowest BCUT2D eigenvalue weighted by Gasteiger charge is -2.15. The molecule has 190 valence electrons. The average molecular weight is 534 g/mol. The average Bonchev–Trinajstić information content (AvgIpc) is 2.81. The summed E-state index contributed by atoms with van der Waals surface area (Å²) in [6.45, 7) is 0.530. The number of nitrogens with one attached hydrogen (secondary N) is 2. The Labute approximate surface area is 217 Å². The summed E-state index contributed by atoms with van der Waals surface area (Å²) in [5.41, 5.74) is 0.306. The van der Waals surface area contributed by atoms with Gasteiger partial charge in [0.05, 0.1) is 16.3 Å². The van der Waals surface area contributed by atoms with Gasteiger partial charge in [-0.05, 0) is 55.9 Å². The van der Waals surface area contributed by atoms with Crippen LogP contribution in [0.5, 0.6) is 11.5 Å². The lowest BCUT2D eigenvalue weighted by molar-refractivity contribution is -0.123. The molecular weight excluding hydrogens is 509 g/mol. The Hall–Kier alpha value is -3.53. The Morgan fingerprint density at radius 2 is 1.64 bits per heavy atom. The number of carbonyl (C=O) groups excluding carboxylic acids is 2. The SMILES string of the molecule is CN(C)CCNC(=O)COc1ccccc1NC(=O)COc1cc(C(=O)O)cc2cc(Cl)cc(Cl)c12. The lowest BCUT2D eigenvalue weighted by Crippen LogP contribution is -2.34. The number of hydrogen-bond acceptors (Lipinski definition) is 6. The van der Waals surface area contributed by atoms with E-state index < -0.39 is 18.5 Å². The number of benzene rings is 3. The van der Waals surface area contributed by atoms with Gasteiger partial charge >= 0.3 is 5.97 Å². The van der Waals surface area contributed by atoms with Crippen molar-refractivity contribution >= 4 is 57.4 Å². The number of rotatable bonds is 11. The van der Waals surface area contributed by atoms with E-state index in [0.29, 0.717) is 40.3 Å². The standard InChI is InChI=1S/C25H25Cl2N3O6/c1-30(2)8-7-28-22(31)13-35-20-6-4-3-5-19(20)29-23(32)14-36-21-11-16(25(33)34)9-15-10-17(26)12-18(27)24(15)21/h3-6,9-12H,7-8,13-14H2,1-2H3,(H,28,31)(H,29,32)(H,33,34). The highest BCUT2D eigenvalue weighted by Crippen LogP contribution is 2.36. The summed E-state index contributed by atoms with van der Waals surface area (Å²) in [4.78, 5) is 38.1. The van der Waals surface area contributed by atoms with Crippen molar-refractivity contribution in [1.82, 2.24) is 10.2 Å².